The van der Waals surface area contributed by atoms with E-state index in [0.29, 0.717) is 11.3 Å². The van der Waals surface area contributed by atoms with Crippen LogP contribution in [0.2, 0.25) is 0 Å². The number of carboxylic acids is 1. The molecule has 5 heteroatoms. The number of nitrogens with zero attached hydrogens (tertiary/aromatic N) is 1. The van der Waals surface area contributed by atoms with Crippen LogP contribution < -0.4 is 5.32 Å². The highest BCUT2D eigenvalue weighted by Gasteiger charge is 2.27. The topological polar surface area (TPSA) is 90.2 Å². The van der Waals surface area contributed by atoms with E-state index in [4.69, 9.17) is 10.4 Å². The smallest absolute Gasteiger partial charge is 0.335 e. The summed E-state index contributed by atoms with van der Waals surface area (Å²) in [4.78, 5) is 22.6. The van der Waals surface area contributed by atoms with Gasteiger partial charge in [0.25, 0.3) is 0 Å². The summed E-state index contributed by atoms with van der Waals surface area (Å²) in [7, 11) is 0. The van der Waals surface area contributed by atoms with Gasteiger partial charge in [0, 0.05) is 5.69 Å². The molecular weight excluding hydrogens is 232 g/mol. The first-order valence-electron chi connectivity index (χ1n) is 5.34. The Balaban J connectivity index is 2.95. The SMILES string of the molecule is Cc1cc(NC(=O)C(C)(C)C#N)ccc1C(=O)O. The highest BCUT2D eigenvalue weighted by molar-refractivity contribution is 5.97. The first-order chi connectivity index (χ1) is 8.27. The summed E-state index contributed by atoms with van der Waals surface area (Å²) >= 11 is 0. The number of carboxylic acid groups (broad SMARTS) is 1. The van der Waals surface area contributed by atoms with Crippen molar-refractivity contribution in [1.82, 2.24) is 0 Å². The van der Waals surface area contributed by atoms with Crippen LogP contribution in [-0.4, -0.2) is 17.0 Å². The second-order valence-electron chi connectivity index (χ2n) is 4.53. The number of anilines is 1. The van der Waals surface area contributed by atoms with Gasteiger partial charge in [-0.25, -0.2) is 4.79 Å². The molecule has 18 heavy (non-hydrogen) atoms. The minimum Gasteiger partial charge on any atom is -0.478 e. The van der Waals surface area contributed by atoms with Crippen molar-refractivity contribution in [3.8, 4) is 6.07 Å². The van der Waals surface area contributed by atoms with E-state index in [-0.39, 0.29) is 5.56 Å². The summed E-state index contributed by atoms with van der Waals surface area (Å²) in [6, 6.07) is 6.39. The van der Waals surface area contributed by atoms with Gasteiger partial charge in [0.05, 0.1) is 11.6 Å². The molecule has 0 unspecified atom stereocenters. The second kappa shape index (κ2) is 4.88. The molecule has 0 aliphatic rings. The molecule has 0 aliphatic heterocycles. The maximum absolute atomic E-state index is 11.7. The largest absolute Gasteiger partial charge is 0.478 e. The number of aryl methyl sites for hydroxylation is 1. The molecule has 1 rings (SSSR count). The van der Waals surface area contributed by atoms with Crippen LogP contribution in [0, 0.1) is 23.7 Å². The van der Waals surface area contributed by atoms with E-state index in [0.717, 1.165) is 0 Å². The number of nitrogens with one attached hydrogen (secondary N) is 1. The Morgan fingerprint density at radius 3 is 2.44 bits per heavy atom. The van der Waals surface area contributed by atoms with Gasteiger partial charge in [-0.3, -0.25) is 4.79 Å². The van der Waals surface area contributed by atoms with Gasteiger partial charge in [-0.15, -0.1) is 0 Å². The summed E-state index contributed by atoms with van der Waals surface area (Å²) in [6.45, 7) is 4.68. The zero-order valence-corrected chi connectivity index (χ0v) is 10.4. The normalized spacial score (nSPS) is 10.6. The molecule has 0 radical (unpaired) electrons. The van der Waals surface area contributed by atoms with E-state index in [1.165, 1.54) is 26.0 Å². The third-order valence-corrected chi connectivity index (χ3v) is 2.56. The lowest BCUT2D eigenvalue weighted by molar-refractivity contribution is -0.121. The second-order valence-corrected chi connectivity index (χ2v) is 4.53. The standard InChI is InChI=1S/C13H14N2O3/c1-8-6-9(4-5-10(8)11(16)17)15-12(18)13(2,3)7-14/h4-6H,1-3H3,(H,15,18)(H,16,17). The Labute approximate surface area is 105 Å². The molecule has 1 aromatic rings. The van der Waals surface area contributed by atoms with Gasteiger partial charge in [0.2, 0.25) is 5.91 Å². The highest BCUT2D eigenvalue weighted by Crippen LogP contribution is 2.19. The van der Waals surface area contributed by atoms with Gasteiger partial charge >= 0.3 is 5.97 Å². The summed E-state index contributed by atoms with van der Waals surface area (Å²) in [5.41, 5.74) is 0.0905. The van der Waals surface area contributed by atoms with E-state index in [2.05, 4.69) is 5.32 Å². The molecule has 0 spiro atoms. The summed E-state index contributed by atoms with van der Waals surface area (Å²) < 4.78 is 0. The Morgan fingerprint density at radius 2 is 2.00 bits per heavy atom. The molecule has 0 saturated heterocycles. The molecule has 0 heterocycles. The van der Waals surface area contributed by atoms with E-state index in [1.54, 1.807) is 13.0 Å². The van der Waals surface area contributed by atoms with Gasteiger partial charge in [-0.1, -0.05) is 0 Å². The van der Waals surface area contributed by atoms with Gasteiger partial charge in [0.1, 0.15) is 5.41 Å². The van der Waals surface area contributed by atoms with Crippen molar-refractivity contribution in [2.45, 2.75) is 20.8 Å². The Bertz CT molecular complexity index is 542. The summed E-state index contributed by atoms with van der Waals surface area (Å²) in [5.74, 6) is -1.43. The van der Waals surface area contributed by atoms with Crippen LogP contribution in [0.3, 0.4) is 0 Å². The Morgan fingerprint density at radius 1 is 1.39 bits per heavy atom. The van der Waals surface area contributed by atoms with Gasteiger partial charge in [-0.2, -0.15) is 5.26 Å². The first kappa shape index (κ1) is 13.7. The number of aromatic carboxylic acids is 1. The zero-order chi connectivity index (χ0) is 13.9. The Kier molecular flexibility index (Phi) is 3.72. The number of carbonyl (C=O) groups is 2. The van der Waals surface area contributed by atoms with E-state index < -0.39 is 17.3 Å². The van der Waals surface area contributed by atoms with Crippen molar-refractivity contribution in [2.24, 2.45) is 5.41 Å². The average Bonchev–Trinajstić information content (AvgIpc) is 2.28. The third kappa shape index (κ3) is 2.86. The number of rotatable bonds is 3. The molecule has 2 N–H and O–H groups in total. The van der Waals surface area contributed by atoms with Gasteiger partial charge in [0.15, 0.2) is 0 Å². The van der Waals surface area contributed by atoms with Gasteiger partial charge in [-0.05, 0) is 44.5 Å². The van der Waals surface area contributed by atoms with Crippen molar-refractivity contribution >= 4 is 17.6 Å². The van der Waals surface area contributed by atoms with Crippen LogP contribution in [0.5, 0.6) is 0 Å². The molecular formula is C13H14N2O3. The number of hydrogen-bond donors (Lipinski definition) is 2. The van der Waals surface area contributed by atoms with E-state index in [9.17, 15) is 9.59 Å². The molecule has 0 saturated carbocycles. The lowest BCUT2D eigenvalue weighted by atomic mass is 9.94. The van der Waals surface area contributed by atoms with E-state index in [1.807, 2.05) is 6.07 Å². The first-order valence-corrected chi connectivity index (χ1v) is 5.34. The fourth-order valence-electron chi connectivity index (χ4n) is 1.32. The number of carbonyl (C=O) groups excluding carboxylic acids is 1. The molecule has 1 amide bonds. The molecule has 0 fully saturated rings. The Hall–Kier alpha value is -2.35. The molecule has 5 nitrogen and oxygen atoms in total. The maximum Gasteiger partial charge on any atom is 0.335 e. The van der Waals surface area contributed by atoms with Crippen molar-refractivity contribution in [1.29, 1.82) is 5.26 Å². The summed E-state index contributed by atoms with van der Waals surface area (Å²) in [6.07, 6.45) is 0. The van der Waals surface area contributed by atoms with E-state index >= 15 is 0 Å². The van der Waals surface area contributed by atoms with Crippen LogP contribution >= 0.6 is 0 Å². The molecule has 0 bridgehead atoms. The van der Waals surface area contributed by atoms with Crippen molar-refractivity contribution in [3.05, 3.63) is 29.3 Å². The number of hydrogen-bond acceptors (Lipinski definition) is 3. The lowest BCUT2D eigenvalue weighted by Crippen LogP contribution is -2.29. The fraction of sp³-hybridized carbons (Fsp3) is 0.308. The molecule has 94 valence electrons. The number of nitriles is 1. The van der Waals surface area contributed by atoms with Crippen LogP contribution in [0.1, 0.15) is 29.8 Å². The number of benzene rings is 1. The molecule has 0 aliphatic carbocycles. The van der Waals surface area contributed by atoms with Crippen molar-refractivity contribution < 1.29 is 14.7 Å². The summed E-state index contributed by atoms with van der Waals surface area (Å²) in [5, 5.41) is 20.3. The fourth-order valence-corrected chi connectivity index (χ4v) is 1.32. The van der Waals surface area contributed by atoms with Crippen LogP contribution in [-0.2, 0) is 4.79 Å². The molecule has 1 aromatic carbocycles. The lowest BCUT2D eigenvalue weighted by Gasteiger charge is -2.15. The predicted molar refractivity (Wildman–Crippen MR) is 66.2 cm³/mol. The minimum atomic E-state index is -1.13. The van der Waals surface area contributed by atoms with Crippen LogP contribution in [0.4, 0.5) is 5.69 Å². The third-order valence-electron chi connectivity index (χ3n) is 2.56. The average molecular weight is 246 g/mol. The maximum atomic E-state index is 11.7. The van der Waals surface area contributed by atoms with Crippen molar-refractivity contribution in [2.75, 3.05) is 5.32 Å². The highest BCUT2D eigenvalue weighted by atomic mass is 16.4. The zero-order valence-electron chi connectivity index (χ0n) is 10.4. The molecule has 0 aromatic heterocycles. The van der Waals surface area contributed by atoms with Crippen LogP contribution in [0.15, 0.2) is 18.2 Å². The number of amides is 1. The van der Waals surface area contributed by atoms with Crippen LogP contribution in [0.25, 0.3) is 0 Å². The van der Waals surface area contributed by atoms with Gasteiger partial charge < -0.3 is 10.4 Å². The molecule has 0 atom stereocenters. The monoisotopic (exact) mass is 246 g/mol. The van der Waals surface area contributed by atoms with Crippen molar-refractivity contribution in [3.63, 3.8) is 0 Å². The minimum absolute atomic E-state index is 0.188. The predicted octanol–water partition coefficient (Wildman–Crippen LogP) is 2.18. The quantitative estimate of drug-likeness (QED) is 0.855.